The van der Waals surface area contributed by atoms with Crippen LogP contribution in [-0.2, 0) is 17.7 Å². The first kappa shape index (κ1) is 17.6. The maximum absolute atomic E-state index is 12.6. The van der Waals surface area contributed by atoms with Crippen LogP contribution in [0.1, 0.15) is 34.3 Å². The Bertz CT molecular complexity index is 662. The summed E-state index contributed by atoms with van der Waals surface area (Å²) in [7, 11) is 0. The summed E-state index contributed by atoms with van der Waals surface area (Å²) in [5.41, 5.74) is 8.68. The van der Waals surface area contributed by atoms with Gasteiger partial charge in [0, 0.05) is 25.2 Å². The average Bonchev–Trinajstić information content (AvgIpc) is 2.69. The van der Waals surface area contributed by atoms with E-state index in [1.165, 1.54) is 5.56 Å². The summed E-state index contributed by atoms with van der Waals surface area (Å²) in [4.78, 5) is 14.5. The van der Waals surface area contributed by atoms with Crippen molar-refractivity contribution >= 4 is 5.91 Å². The molecule has 2 aromatic carbocycles. The lowest BCUT2D eigenvalue weighted by molar-refractivity contribution is 0.0100. The van der Waals surface area contributed by atoms with Crippen molar-refractivity contribution < 1.29 is 9.53 Å². The predicted octanol–water partition coefficient (Wildman–Crippen LogP) is 3.01. The lowest BCUT2D eigenvalue weighted by Crippen LogP contribution is -2.41. The van der Waals surface area contributed by atoms with E-state index < -0.39 is 0 Å². The fourth-order valence-corrected chi connectivity index (χ4v) is 3.18. The maximum Gasteiger partial charge on any atom is 0.253 e. The molecule has 0 bridgehead atoms. The van der Waals surface area contributed by atoms with Crippen LogP contribution in [0.5, 0.6) is 0 Å². The molecule has 1 aliphatic rings. The number of carbonyl (C=O) groups excluding carboxylic acids is 1. The number of piperidine rings is 1. The lowest BCUT2D eigenvalue weighted by Gasteiger charge is -2.32. The number of likely N-dealkylation sites (tertiary alicyclic amines) is 1. The molecular formula is C21H26N2O2. The first-order valence-corrected chi connectivity index (χ1v) is 9.00. The molecule has 2 N–H and O–H groups in total. The number of amides is 1. The van der Waals surface area contributed by atoms with E-state index in [0.29, 0.717) is 6.54 Å². The van der Waals surface area contributed by atoms with E-state index in [9.17, 15) is 4.79 Å². The van der Waals surface area contributed by atoms with E-state index in [2.05, 4.69) is 24.3 Å². The second kappa shape index (κ2) is 8.79. The molecule has 132 valence electrons. The molecule has 0 atom stereocenters. The Kier molecular flexibility index (Phi) is 6.20. The van der Waals surface area contributed by atoms with Gasteiger partial charge in [-0.15, -0.1) is 0 Å². The highest BCUT2D eigenvalue weighted by atomic mass is 16.5. The smallest absolute Gasteiger partial charge is 0.253 e. The van der Waals surface area contributed by atoms with E-state index in [-0.39, 0.29) is 12.0 Å². The molecule has 1 amide bonds. The molecule has 4 nitrogen and oxygen atoms in total. The van der Waals surface area contributed by atoms with Crippen LogP contribution >= 0.6 is 0 Å². The predicted molar refractivity (Wildman–Crippen MR) is 99.4 cm³/mol. The van der Waals surface area contributed by atoms with E-state index in [0.717, 1.165) is 50.1 Å². The van der Waals surface area contributed by atoms with Crippen molar-refractivity contribution in [1.29, 1.82) is 0 Å². The largest absolute Gasteiger partial charge is 0.378 e. The molecule has 0 spiro atoms. The van der Waals surface area contributed by atoms with Crippen molar-refractivity contribution in [2.75, 3.05) is 19.7 Å². The Balaban J connectivity index is 1.42. The Morgan fingerprint density at radius 3 is 2.32 bits per heavy atom. The second-order valence-electron chi connectivity index (χ2n) is 6.50. The SMILES string of the molecule is NCc1ccc(C(=O)N2CCC(OCCc3ccccc3)CC2)cc1. The highest BCUT2D eigenvalue weighted by Gasteiger charge is 2.23. The summed E-state index contributed by atoms with van der Waals surface area (Å²) < 4.78 is 6.00. The van der Waals surface area contributed by atoms with Crippen molar-refractivity contribution in [3.05, 3.63) is 71.3 Å². The molecule has 0 radical (unpaired) electrons. The molecule has 1 fully saturated rings. The van der Waals surface area contributed by atoms with Crippen LogP contribution in [0.25, 0.3) is 0 Å². The van der Waals surface area contributed by atoms with Gasteiger partial charge in [0.15, 0.2) is 0 Å². The maximum atomic E-state index is 12.6. The third-order valence-corrected chi connectivity index (χ3v) is 4.75. The van der Waals surface area contributed by atoms with Crippen molar-refractivity contribution in [2.24, 2.45) is 5.73 Å². The summed E-state index contributed by atoms with van der Waals surface area (Å²) in [6.45, 7) is 2.75. The van der Waals surface area contributed by atoms with Gasteiger partial charge < -0.3 is 15.4 Å². The minimum absolute atomic E-state index is 0.103. The minimum atomic E-state index is 0.103. The third kappa shape index (κ3) is 4.91. The van der Waals surface area contributed by atoms with Gasteiger partial charge in [-0.1, -0.05) is 42.5 Å². The zero-order chi connectivity index (χ0) is 17.5. The standard InChI is InChI=1S/C21H26N2O2/c22-16-18-6-8-19(9-7-18)21(24)23-13-10-20(11-14-23)25-15-12-17-4-2-1-3-5-17/h1-9,20H,10-16,22H2. The van der Waals surface area contributed by atoms with Crippen molar-refractivity contribution in [3.8, 4) is 0 Å². The third-order valence-electron chi connectivity index (χ3n) is 4.75. The minimum Gasteiger partial charge on any atom is -0.378 e. The van der Waals surface area contributed by atoms with Gasteiger partial charge in [0.2, 0.25) is 0 Å². The van der Waals surface area contributed by atoms with E-state index in [4.69, 9.17) is 10.5 Å². The number of carbonyl (C=O) groups is 1. The Hall–Kier alpha value is -2.17. The van der Waals surface area contributed by atoms with Gasteiger partial charge in [0.25, 0.3) is 5.91 Å². The molecule has 0 aromatic heterocycles. The van der Waals surface area contributed by atoms with Crippen LogP contribution in [0.3, 0.4) is 0 Å². The van der Waals surface area contributed by atoms with E-state index >= 15 is 0 Å². The molecule has 0 saturated carbocycles. The molecule has 4 heteroatoms. The summed E-state index contributed by atoms with van der Waals surface area (Å²) in [5, 5.41) is 0. The van der Waals surface area contributed by atoms with Crippen LogP contribution in [0.15, 0.2) is 54.6 Å². The number of benzene rings is 2. The highest BCUT2D eigenvalue weighted by Crippen LogP contribution is 2.17. The molecule has 1 saturated heterocycles. The van der Waals surface area contributed by atoms with Gasteiger partial charge in [-0.25, -0.2) is 0 Å². The van der Waals surface area contributed by atoms with Crippen molar-refractivity contribution in [1.82, 2.24) is 4.90 Å². The van der Waals surface area contributed by atoms with Gasteiger partial charge in [-0.3, -0.25) is 4.79 Å². The molecule has 2 aromatic rings. The van der Waals surface area contributed by atoms with Gasteiger partial charge in [-0.05, 0) is 42.5 Å². The Labute approximate surface area is 149 Å². The summed E-state index contributed by atoms with van der Waals surface area (Å²) in [6, 6.07) is 18.0. The van der Waals surface area contributed by atoms with Crippen LogP contribution in [0.4, 0.5) is 0 Å². The normalized spacial score (nSPS) is 15.3. The monoisotopic (exact) mass is 338 g/mol. The van der Waals surface area contributed by atoms with Crippen molar-refractivity contribution in [2.45, 2.75) is 31.9 Å². The lowest BCUT2D eigenvalue weighted by atomic mass is 10.1. The Morgan fingerprint density at radius 1 is 1.00 bits per heavy atom. The average molecular weight is 338 g/mol. The zero-order valence-electron chi connectivity index (χ0n) is 14.6. The van der Waals surface area contributed by atoms with Gasteiger partial charge in [0.05, 0.1) is 12.7 Å². The molecule has 1 aliphatic heterocycles. The number of nitrogens with zero attached hydrogens (tertiary/aromatic N) is 1. The van der Waals surface area contributed by atoms with Crippen molar-refractivity contribution in [3.63, 3.8) is 0 Å². The molecule has 0 aliphatic carbocycles. The summed E-state index contributed by atoms with van der Waals surface area (Å²) in [5.74, 6) is 0.103. The molecule has 1 heterocycles. The number of rotatable bonds is 6. The first-order chi connectivity index (χ1) is 12.3. The van der Waals surface area contributed by atoms with Gasteiger partial charge >= 0.3 is 0 Å². The Morgan fingerprint density at radius 2 is 1.68 bits per heavy atom. The number of hydrogen-bond acceptors (Lipinski definition) is 3. The van der Waals surface area contributed by atoms with Crippen LogP contribution in [0, 0.1) is 0 Å². The zero-order valence-corrected chi connectivity index (χ0v) is 14.6. The number of nitrogens with two attached hydrogens (primary N) is 1. The number of ether oxygens (including phenoxy) is 1. The molecule has 0 unspecified atom stereocenters. The summed E-state index contributed by atoms with van der Waals surface area (Å²) in [6.07, 6.45) is 3.00. The fourth-order valence-electron chi connectivity index (χ4n) is 3.18. The summed E-state index contributed by atoms with van der Waals surface area (Å²) >= 11 is 0. The molecule has 3 rings (SSSR count). The highest BCUT2D eigenvalue weighted by molar-refractivity contribution is 5.94. The first-order valence-electron chi connectivity index (χ1n) is 9.00. The quantitative estimate of drug-likeness (QED) is 0.881. The van der Waals surface area contributed by atoms with E-state index in [1.807, 2.05) is 35.2 Å². The molecule has 25 heavy (non-hydrogen) atoms. The fraction of sp³-hybridized carbons (Fsp3) is 0.381. The van der Waals surface area contributed by atoms with Gasteiger partial charge in [0.1, 0.15) is 0 Å². The number of hydrogen-bond donors (Lipinski definition) is 1. The second-order valence-corrected chi connectivity index (χ2v) is 6.50. The van der Waals surface area contributed by atoms with Crippen LogP contribution in [0.2, 0.25) is 0 Å². The van der Waals surface area contributed by atoms with Crippen LogP contribution in [-0.4, -0.2) is 36.6 Å². The van der Waals surface area contributed by atoms with Gasteiger partial charge in [-0.2, -0.15) is 0 Å². The van der Waals surface area contributed by atoms with Crippen LogP contribution < -0.4 is 5.73 Å². The molecular weight excluding hydrogens is 312 g/mol. The van der Waals surface area contributed by atoms with E-state index in [1.54, 1.807) is 0 Å². The topological polar surface area (TPSA) is 55.6 Å².